The van der Waals surface area contributed by atoms with E-state index < -0.39 is 0 Å². The van der Waals surface area contributed by atoms with Crippen LogP contribution in [0.1, 0.15) is 11.4 Å². The van der Waals surface area contributed by atoms with Crippen LogP contribution in [0, 0.1) is 13.8 Å². The largest absolute Gasteiger partial charge is 0.471 e. The summed E-state index contributed by atoms with van der Waals surface area (Å²) in [7, 11) is 0. The second-order valence-corrected chi connectivity index (χ2v) is 6.54. The summed E-state index contributed by atoms with van der Waals surface area (Å²) in [6.45, 7) is 4.25. The number of amides is 1. The molecule has 0 bridgehead atoms. The van der Waals surface area contributed by atoms with Gasteiger partial charge in [0, 0.05) is 10.2 Å². The summed E-state index contributed by atoms with van der Waals surface area (Å²) in [6, 6.07) is 9.48. The first kappa shape index (κ1) is 17.2. The third-order valence-electron chi connectivity index (χ3n) is 3.49. The lowest BCUT2D eigenvalue weighted by molar-refractivity contribution is -0.116. The number of hydrogen-bond donors (Lipinski definition) is 1. The van der Waals surface area contributed by atoms with E-state index in [9.17, 15) is 4.79 Å². The molecule has 0 aliphatic carbocycles. The summed E-state index contributed by atoms with van der Waals surface area (Å²) in [5, 5.41) is 11.3. The number of aromatic nitrogens is 4. The number of benzene rings is 1. The Morgan fingerprint density at radius 1 is 1.28 bits per heavy atom. The fraction of sp³-hybridized carbons (Fsp3) is 0.235. The van der Waals surface area contributed by atoms with Crippen LogP contribution >= 0.6 is 15.9 Å². The molecule has 0 unspecified atom stereocenters. The van der Waals surface area contributed by atoms with E-state index in [2.05, 4.69) is 31.4 Å². The minimum atomic E-state index is -0.153. The topological polar surface area (TPSA) is 74.0 Å². The Bertz CT molecular complexity index is 870. The molecule has 0 fully saturated rings. The lowest BCUT2D eigenvalue weighted by atomic mass is 10.3. The van der Waals surface area contributed by atoms with E-state index in [1.807, 2.05) is 44.2 Å². The molecule has 130 valence electrons. The second-order valence-electron chi connectivity index (χ2n) is 5.63. The van der Waals surface area contributed by atoms with E-state index in [0.717, 1.165) is 21.6 Å². The summed E-state index contributed by atoms with van der Waals surface area (Å²) in [4.78, 5) is 12.1. The molecule has 0 spiro atoms. The van der Waals surface area contributed by atoms with Crippen molar-refractivity contribution in [3.8, 4) is 5.75 Å². The van der Waals surface area contributed by atoms with E-state index in [-0.39, 0.29) is 19.2 Å². The third-order valence-corrected chi connectivity index (χ3v) is 4.02. The zero-order chi connectivity index (χ0) is 17.8. The first-order valence-corrected chi connectivity index (χ1v) is 8.50. The number of ether oxygens (including phenoxy) is 1. The standard InChI is InChI=1S/C17H18BrN5O2/c1-12-7-13(2)23(21-12)10-17(24)20-15-8-19-22(9-15)11-25-16-5-3-14(18)4-6-16/h3-9H,10-11H2,1-2H3,(H,20,24). The highest BCUT2D eigenvalue weighted by Gasteiger charge is 2.09. The van der Waals surface area contributed by atoms with Gasteiger partial charge in [-0.3, -0.25) is 9.48 Å². The summed E-state index contributed by atoms with van der Waals surface area (Å²) in [5.41, 5.74) is 2.46. The Hall–Kier alpha value is -2.61. The molecule has 2 aromatic heterocycles. The summed E-state index contributed by atoms with van der Waals surface area (Å²) < 4.78 is 9.91. The number of anilines is 1. The highest BCUT2D eigenvalue weighted by atomic mass is 79.9. The molecule has 0 radical (unpaired) electrons. The van der Waals surface area contributed by atoms with Crippen LogP contribution in [-0.2, 0) is 18.1 Å². The van der Waals surface area contributed by atoms with Gasteiger partial charge in [-0.15, -0.1) is 0 Å². The molecule has 0 atom stereocenters. The van der Waals surface area contributed by atoms with Crippen molar-refractivity contribution in [2.45, 2.75) is 27.1 Å². The molecule has 8 heteroatoms. The summed E-state index contributed by atoms with van der Waals surface area (Å²) in [5.74, 6) is 0.591. The highest BCUT2D eigenvalue weighted by Crippen LogP contribution is 2.16. The van der Waals surface area contributed by atoms with Gasteiger partial charge in [0.1, 0.15) is 12.3 Å². The molecule has 0 aliphatic heterocycles. The molecule has 0 saturated heterocycles. The van der Waals surface area contributed by atoms with E-state index >= 15 is 0 Å². The summed E-state index contributed by atoms with van der Waals surface area (Å²) in [6.07, 6.45) is 3.31. The van der Waals surface area contributed by atoms with Crippen LogP contribution in [0.15, 0.2) is 47.2 Å². The van der Waals surface area contributed by atoms with Crippen LogP contribution in [0.3, 0.4) is 0 Å². The maximum atomic E-state index is 12.1. The van der Waals surface area contributed by atoms with Gasteiger partial charge in [0.25, 0.3) is 0 Å². The van der Waals surface area contributed by atoms with Gasteiger partial charge in [-0.05, 0) is 44.2 Å². The number of hydrogen-bond acceptors (Lipinski definition) is 4. The molecular weight excluding hydrogens is 386 g/mol. The third kappa shape index (κ3) is 4.69. The van der Waals surface area contributed by atoms with Crippen molar-refractivity contribution in [2.75, 3.05) is 5.32 Å². The van der Waals surface area contributed by atoms with Gasteiger partial charge in [-0.2, -0.15) is 10.2 Å². The number of rotatable bonds is 6. The van der Waals surface area contributed by atoms with Crippen LogP contribution in [0.25, 0.3) is 0 Å². The van der Waals surface area contributed by atoms with E-state index in [1.54, 1.807) is 21.8 Å². The van der Waals surface area contributed by atoms with Crippen molar-refractivity contribution in [1.82, 2.24) is 19.6 Å². The number of carbonyl (C=O) groups is 1. The quantitative estimate of drug-likeness (QED) is 0.685. The number of aryl methyl sites for hydroxylation is 2. The minimum absolute atomic E-state index is 0.153. The van der Waals surface area contributed by atoms with Crippen molar-refractivity contribution in [2.24, 2.45) is 0 Å². The van der Waals surface area contributed by atoms with Gasteiger partial charge in [0.05, 0.1) is 23.8 Å². The van der Waals surface area contributed by atoms with Gasteiger partial charge < -0.3 is 10.1 Å². The summed E-state index contributed by atoms with van der Waals surface area (Å²) >= 11 is 3.38. The number of nitrogens with one attached hydrogen (secondary N) is 1. The van der Waals surface area contributed by atoms with Crippen LogP contribution in [0.2, 0.25) is 0 Å². The molecule has 0 aliphatic rings. The zero-order valence-corrected chi connectivity index (χ0v) is 15.5. The van der Waals surface area contributed by atoms with Gasteiger partial charge in [-0.1, -0.05) is 15.9 Å². The number of nitrogens with zero attached hydrogens (tertiary/aromatic N) is 4. The van der Waals surface area contributed by atoms with Gasteiger partial charge >= 0.3 is 0 Å². The van der Waals surface area contributed by atoms with Crippen molar-refractivity contribution >= 4 is 27.5 Å². The van der Waals surface area contributed by atoms with Crippen LogP contribution < -0.4 is 10.1 Å². The second kappa shape index (κ2) is 7.52. The van der Waals surface area contributed by atoms with Crippen LogP contribution in [0.5, 0.6) is 5.75 Å². The predicted molar refractivity (Wildman–Crippen MR) is 97.3 cm³/mol. The smallest absolute Gasteiger partial charge is 0.246 e. The van der Waals surface area contributed by atoms with Crippen LogP contribution in [-0.4, -0.2) is 25.5 Å². The van der Waals surface area contributed by atoms with Crippen molar-refractivity contribution < 1.29 is 9.53 Å². The fourth-order valence-corrected chi connectivity index (χ4v) is 2.61. The maximum Gasteiger partial charge on any atom is 0.246 e. The molecule has 2 heterocycles. The average molecular weight is 404 g/mol. The van der Waals surface area contributed by atoms with Gasteiger partial charge in [-0.25, -0.2) is 4.68 Å². The molecule has 0 saturated carbocycles. The molecule has 1 aromatic carbocycles. The Morgan fingerprint density at radius 3 is 2.72 bits per heavy atom. The molecule has 3 rings (SSSR count). The van der Waals surface area contributed by atoms with E-state index in [4.69, 9.17) is 4.74 Å². The van der Waals surface area contributed by atoms with Crippen molar-refractivity contribution in [3.63, 3.8) is 0 Å². The number of halogens is 1. The molecule has 3 aromatic rings. The van der Waals surface area contributed by atoms with E-state index in [1.165, 1.54) is 0 Å². The molecule has 1 N–H and O–H groups in total. The lowest BCUT2D eigenvalue weighted by Gasteiger charge is -2.06. The predicted octanol–water partition coefficient (Wildman–Crippen LogP) is 3.13. The van der Waals surface area contributed by atoms with Crippen LogP contribution in [0.4, 0.5) is 5.69 Å². The SMILES string of the molecule is Cc1cc(C)n(CC(=O)Nc2cnn(COc3ccc(Br)cc3)c2)n1. The molecule has 25 heavy (non-hydrogen) atoms. The van der Waals surface area contributed by atoms with Crippen molar-refractivity contribution in [3.05, 3.63) is 58.6 Å². The van der Waals surface area contributed by atoms with Gasteiger partial charge in [0.15, 0.2) is 6.73 Å². The molecule has 7 nitrogen and oxygen atoms in total. The highest BCUT2D eigenvalue weighted by molar-refractivity contribution is 9.10. The molecular formula is C17H18BrN5O2. The maximum absolute atomic E-state index is 12.1. The Morgan fingerprint density at radius 2 is 2.04 bits per heavy atom. The van der Waals surface area contributed by atoms with Crippen molar-refractivity contribution in [1.29, 1.82) is 0 Å². The molecule has 1 amide bonds. The van der Waals surface area contributed by atoms with Gasteiger partial charge in [0.2, 0.25) is 5.91 Å². The Labute approximate surface area is 153 Å². The Kier molecular flexibility index (Phi) is 5.18. The minimum Gasteiger partial charge on any atom is -0.471 e. The monoisotopic (exact) mass is 403 g/mol. The normalized spacial score (nSPS) is 10.7. The lowest BCUT2D eigenvalue weighted by Crippen LogP contribution is -2.20. The average Bonchev–Trinajstić information content (AvgIpc) is 3.13. The fourth-order valence-electron chi connectivity index (χ4n) is 2.34. The Balaban J connectivity index is 1.53. The number of carbonyl (C=O) groups excluding carboxylic acids is 1. The van der Waals surface area contributed by atoms with E-state index in [0.29, 0.717) is 5.69 Å². The first-order chi connectivity index (χ1) is 12.0. The first-order valence-electron chi connectivity index (χ1n) is 7.71. The zero-order valence-electron chi connectivity index (χ0n) is 13.9.